The molecule has 1 aromatic carbocycles. The number of aromatic amines is 1. The van der Waals surface area contributed by atoms with Crippen molar-refractivity contribution >= 4 is 41.5 Å². The number of pyridine rings is 1. The molecule has 0 saturated carbocycles. The highest BCUT2D eigenvalue weighted by Crippen LogP contribution is 2.26. The highest BCUT2D eigenvalue weighted by Gasteiger charge is 2.17. The van der Waals surface area contributed by atoms with Crippen LogP contribution >= 0.6 is 0 Å². The summed E-state index contributed by atoms with van der Waals surface area (Å²) in [5.41, 5.74) is 4.22. The molecule has 8 nitrogen and oxygen atoms in total. The number of H-pyrrole nitrogens is 1. The first kappa shape index (κ1) is 19.3. The molecule has 1 aliphatic heterocycles. The molecule has 9 heteroatoms. The molecule has 0 atom stereocenters. The van der Waals surface area contributed by atoms with Gasteiger partial charge in [0.15, 0.2) is 5.82 Å². The third kappa shape index (κ3) is 4.00. The molecule has 152 valence electrons. The second-order valence-corrected chi connectivity index (χ2v) is 7.38. The molecule has 0 unspecified atom stereocenters. The first-order valence-corrected chi connectivity index (χ1v) is 10.1. The second kappa shape index (κ2) is 8.19. The minimum Gasteiger partial charge on any atom is -0.367 e. The van der Waals surface area contributed by atoms with Crippen LogP contribution in [0.25, 0.3) is 22.4 Å². The lowest BCUT2D eigenvalue weighted by molar-refractivity contribution is 0.102. The first-order chi connectivity index (χ1) is 15.2. The van der Waals surface area contributed by atoms with Gasteiger partial charge in [-0.2, -0.15) is 0 Å². The van der Waals surface area contributed by atoms with Crippen molar-refractivity contribution in [2.75, 3.05) is 36.4 Å². The quantitative estimate of drug-likeness (QED) is 0.442. The van der Waals surface area contributed by atoms with Crippen molar-refractivity contribution in [3.8, 4) is 11.5 Å². The van der Waals surface area contributed by atoms with Gasteiger partial charge in [0.2, 0.25) is 0 Å². The fourth-order valence-corrected chi connectivity index (χ4v) is 3.74. The smallest absolute Gasteiger partial charge is 0.274 e. The second-order valence-electron chi connectivity index (χ2n) is 7.38. The summed E-state index contributed by atoms with van der Waals surface area (Å²) >= 11 is 0. The number of rotatable bonds is 4. The molecular formula is C22H20BN7O. The van der Waals surface area contributed by atoms with E-state index in [2.05, 4.69) is 35.5 Å². The molecule has 3 N–H and O–H groups in total. The highest BCUT2D eigenvalue weighted by atomic mass is 16.1. The van der Waals surface area contributed by atoms with Crippen molar-refractivity contribution in [2.24, 2.45) is 0 Å². The Kier molecular flexibility index (Phi) is 5.09. The predicted molar refractivity (Wildman–Crippen MR) is 122 cm³/mol. The maximum atomic E-state index is 13.0. The van der Waals surface area contributed by atoms with Crippen molar-refractivity contribution in [3.05, 3.63) is 60.7 Å². The van der Waals surface area contributed by atoms with Gasteiger partial charge >= 0.3 is 0 Å². The molecule has 5 rings (SSSR count). The molecule has 1 saturated heterocycles. The molecule has 4 heterocycles. The fourth-order valence-electron chi connectivity index (χ4n) is 3.74. The monoisotopic (exact) mass is 409 g/mol. The number of aromatic nitrogens is 4. The van der Waals surface area contributed by atoms with Crippen LogP contribution in [0.5, 0.6) is 0 Å². The Hall–Kier alpha value is -3.72. The summed E-state index contributed by atoms with van der Waals surface area (Å²) in [5.74, 6) is 0.129. The Balaban J connectivity index is 1.41. The number of fused-ring (bicyclic) bond motifs is 1. The van der Waals surface area contributed by atoms with Gasteiger partial charge in [-0.25, -0.2) is 9.97 Å². The van der Waals surface area contributed by atoms with E-state index < -0.39 is 0 Å². The van der Waals surface area contributed by atoms with Gasteiger partial charge in [0, 0.05) is 44.1 Å². The van der Waals surface area contributed by atoms with Gasteiger partial charge in [-0.1, -0.05) is 17.6 Å². The van der Waals surface area contributed by atoms with Crippen molar-refractivity contribution in [1.29, 1.82) is 0 Å². The molecule has 2 radical (unpaired) electrons. The predicted octanol–water partition coefficient (Wildman–Crippen LogP) is 1.48. The Bertz CT molecular complexity index is 1250. The minimum atomic E-state index is -0.312. The van der Waals surface area contributed by atoms with Gasteiger partial charge < -0.3 is 20.5 Å². The van der Waals surface area contributed by atoms with Gasteiger partial charge in [-0.15, -0.1) is 0 Å². The SMILES string of the molecule is [B]c1ccc2[nH]c(-c3nccc(C(=O)Nc4cnccc4N4CCNCC4)n3)cc2c1. The normalized spacial score (nSPS) is 14.0. The first-order valence-electron chi connectivity index (χ1n) is 10.1. The van der Waals surface area contributed by atoms with Crippen LogP contribution in [-0.2, 0) is 0 Å². The van der Waals surface area contributed by atoms with Crippen LogP contribution in [0.3, 0.4) is 0 Å². The molecule has 3 aromatic heterocycles. The number of benzene rings is 1. The number of hydrogen-bond donors (Lipinski definition) is 3. The lowest BCUT2D eigenvalue weighted by atomic mass is 9.95. The largest absolute Gasteiger partial charge is 0.367 e. The summed E-state index contributed by atoms with van der Waals surface area (Å²) in [5, 5.41) is 7.25. The number of nitrogens with one attached hydrogen (secondary N) is 3. The maximum Gasteiger partial charge on any atom is 0.274 e. The molecule has 1 amide bonds. The standard InChI is InChI=1S/C22H20BN7O/c23-15-1-2-16-14(11-15)12-18(27-16)21-26-6-3-17(28-21)22(31)29-19-13-25-5-4-20(19)30-9-7-24-8-10-30/h1-6,11-13,24,27H,7-10H2,(H,29,31). The third-order valence-corrected chi connectivity index (χ3v) is 5.28. The number of carbonyl (C=O) groups excluding carboxylic acids is 1. The van der Waals surface area contributed by atoms with E-state index in [0.717, 1.165) is 48.5 Å². The molecule has 4 aromatic rings. The van der Waals surface area contributed by atoms with Crippen molar-refractivity contribution < 1.29 is 4.79 Å². The van der Waals surface area contributed by atoms with Crippen LogP contribution in [0, 0.1) is 0 Å². The number of nitrogens with zero attached hydrogens (tertiary/aromatic N) is 4. The van der Waals surface area contributed by atoms with Gasteiger partial charge in [0.25, 0.3) is 5.91 Å². The lowest BCUT2D eigenvalue weighted by Gasteiger charge is -2.30. The summed E-state index contributed by atoms with van der Waals surface area (Å²) in [6.45, 7) is 3.55. The van der Waals surface area contributed by atoms with E-state index in [1.807, 2.05) is 30.3 Å². The van der Waals surface area contributed by atoms with Gasteiger partial charge in [0.1, 0.15) is 13.5 Å². The number of carbonyl (C=O) groups is 1. The van der Waals surface area contributed by atoms with Crippen molar-refractivity contribution in [2.45, 2.75) is 0 Å². The number of anilines is 2. The molecule has 31 heavy (non-hydrogen) atoms. The topological polar surface area (TPSA) is 98.8 Å². The van der Waals surface area contributed by atoms with Crippen molar-refractivity contribution in [1.82, 2.24) is 25.3 Å². The third-order valence-electron chi connectivity index (χ3n) is 5.28. The molecule has 1 fully saturated rings. The van der Waals surface area contributed by atoms with Gasteiger partial charge in [0.05, 0.1) is 23.3 Å². The zero-order valence-corrected chi connectivity index (χ0v) is 16.8. The van der Waals surface area contributed by atoms with E-state index in [1.165, 1.54) is 0 Å². The average molecular weight is 409 g/mol. The highest BCUT2D eigenvalue weighted by molar-refractivity contribution is 6.33. The number of piperazine rings is 1. The summed E-state index contributed by atoms with van der Waals surface area (Å²) < 4.78 is 0. The van der Waals surface area contributed by atoms with E-state index in [1.54, 1.807) is 24.7 Å². The van der Waals surface area contributed by atoms with Gasteiger partial charge in [-0.3, -0.25) is 9.78 Å². The van der Waals surface area contributed by atoms with Crippen LogP contribution in [0.4, 0.5) is 11.4 Å². The van der Waals surface area contributed by atoms with Crippen LogP contribution in [0.1, 0.15) is 10.5 Å². The fraction of sp³-hybridized carbons (Fsp3) is 0.182. The lowest BCUT2D eigenvalue weighted by Crippen LogP contribution is -2.43. The summed E-state index contributed by atoms with van der Waals surface area (Å²) in [7, 11) is 5.86. The average Bonchev–Trinajstić information content (AvgIpc) is 3.23. The zero-order valence-electron chi connectivity index (χ0n) is 16.8. The molecule has 1 aliphatic rings. The molecule has 0 bridgehead atoms. The van der Waals surface area contributed by atoms with Crippen LogP contribution in [0.15, 0.2) is 55.0 Å². The van der Waals surface area contributed by atoms with Crippen LogP contribution in [0.2, 0.25) is 0 Å². The van der Waals surface area contributed by atoms with E-state index in [0.29, 0.717) is 17.0 Å². The number of hydrogen-bond acceptors (Lipinski definition) is 6. The summed E-state index contributed by atoms with van der Waals surface area (Å²) in [6, 6.07) is 11.1. The Morgan fingerprint density at radius 3 is 2.84 bits per heavy atom. The van der Waals surface area contributed by atoms with E-state index in [9.17, 15) is 4.79 Å². The summed E-state index contributed by atoms with van der Waals surface area (Å²) in [6.07, 6.45) is 4.98. The maximum absolute atomic E-state index is 13.0. The molecular weight excluding hydrogens is 389 g/mol. The van der Waals surface area contributed by atoms with Crippen LogP contribution in [-0.4, -0.2) is 59.9 Å². The summed E-state index contributed by atoms with van der Waals surface area (Å²) in [4.78, 5) is 31.4. The van der Waals surface area contributed by atoms with E-state index in [-0.39, 0.29) is 11.6 Å². The van der Waals surface area contributed by atoms with Crippen molar-refractivity contribution in [3.63, 3.8) is 0 Å². The molecule has 0 spiro atoms. The Labute approximate surface area is 180 Å². The van der Waals surface area contributed by atoms with E-state index in [4.69, 9.17) is 7.85 Å². The Morgan fingerprint density at radius 1 is 1.10 bits per heavy atom. The van der Waals surface area contributed by atoms with Crippen LogP contribution < -0.4 is 21.0 Å². The van der Waals surface area contributed by atoms with Gasteiger partial charge in [-0.05, 0) is 29.7 Å². The molecule has 0 aliphatic carbocycles. The van der Waals surface area contributed by atoms with E-state index >= 15 is 0 Å². The minimum absolute atomic E-state index is 0.276. The number of amides is 1. The zero-order chi connectivity index (χ0) is 21.2. The Morgan fingerprint density at radius 2 is 1.97 bits per heavy atom.